The summed E-state index contributed by atoms with van der Waals surface area (Å²) >= 11 is 3.34. The summed E-state index contributed by atoms with van der Waals surface area (Å²) in [6.45, 7) is 0. The van der Waals surface area contributed by atoms with Crippen molar-refractivity contribution in [1.82, 2.24) is 0 Å². The Kier molecular flexibility index (Phi) is 8.45. The van der Waals surface area contributed by atoms with Crippen LogP contribution >= 0.6 is 15.9 Å². The predicted octanol–water partition coefficient (Wildman–Crippen LogP) is 2.17. The van der Waals surface area contributed by atoms with Gasteiger partial charge in [0.15, 0.2) is 0 Å². The lowest BCUT2D eigenvalue weighted by Gasteiger charge is -2.06. The van der Waals surface area contributed by atoms with Gasteiger partial charge in [-0.3, -0.25) is 4.79 Å². The van der Waals surface area contributed by atoms with Crippen LogP contribution in [0, 0.1) is 0 Å². The first-order valence-electron chi connectivity index (χ1n) is 4.62. The number of carbonyl (C=O) groups is 1. The molecule has 1 atom stereocenters. The summed E-state index contributed by atoms with van der Waals surface area (Å²) in [5.41, 5.74) is 0. The number of hydrogen-bond acceptors (Lipinski definition) is 2. The predicted molar refractivity (Wildman–Crippen MR) is 55.1 cm³/mol. The molecule has 0 aromatic rings. The molecule has 2 N–H and O–H groups in total. The number of unbranched alkanes of at least 4 members (excludes halogenated alkanes) is 3. The number of alkyl halides is 1. The zero-order valence-corrected chi connectivity index (χ0v) is 9.29. The molecule has 3 nitrogen and oxygen atoms in total. The van der Waals surface area contributed by atoms with Crippen molar-refractivity contribution in [1.29, 1.82) is 0 Å². The van der Waals surface area contributed by atoms with Gasteiger partial charge >= 0.3 is 5.97 Å². The Morgan fingerprint density at radius 2 is 1.85 bits per heavy atom. The number of hydrogen-bond donors (Lipinski definition) is 2. The average molecular weight is 253 g/mol. The highest BCUT2D eigenvalue weighted by Crippen LogP contribution is 2.08. The van der Waals surface area contributed by atoms with E-state index >= 15 is 0 Å². The number of aliphatic hydroxyl groups excluding tert-OH is 1. The highest BCUT2D eigenvalue weighted by Gasteiger charge is 2.08. The average Bonchev–Trinajstić information content (AvgIpc) is 2.02. The van der Waals surface area contributed by atoms with Crippen molar-refractivity contribution >= 4 is 21.9 Å². The van der Waals surface area contributed by atoms with Gasteiger partial charge < -0.3 is 10.2 Å². The van der Waals surface area contributed by atoms with E-state index in [-0.39, 0.29) is 6.42 Å². The SMILES string of the molecule is O=C(O)CC(O)CCCCCCBr. The summed E-state index contributed by atoms with van der Waals surface area (Å²) in [7, 11) is 0. The largest absolute Gasteiger partial charge is 0.481 e. The summed E-state index contributed by atoms with van der Waals surface area (Å²) in [5.74, 6) is -0.923. The van der Waals surface area contributed by atoms with E-state index in [2.05, 4.69) is 15.9 Å². The summed E-state index contributed by atoms with van der Waals surface area (Å²) in [6, 6.07) is 0. The minimum atomic E-state index is -0.923. The van der Waals surface area contributed by atoms with E-state index in [1.165, 1.54) is 0 Å². The Morgan fingerprint density at radius 1 is 1.23 bits per heavy atom. The molecule has 78 valence electrons. The normalized spacial score (nSPS) is 12.8. The summed E-state index contributed by atoms with van der Waals surface area (Å²) < 4.78 is 0. The molecular weight excluding hydrogens is 236 g/mol. The van der Waals surface area contributed by atoms with Gasteiger partial charge in [-0.05, 0) is 12.8 Å². The van der Waals surface area contributed by atoms with E-state index < -0.39 is 12.1 Å². The zero-order valence-electron chi connectivity index (χ0n) is 7.71. The second-order valence-corrected chi connectivity index (χ2v) is 3.94. The Hall–Kier alpha value is -0.0900. The second kappa shape index (κ2) is 8.51. The van der Waals surface area contributed by atoms with Crippen molar-refractivity contribution in [3.05, 3.63) is 0 Å². The van der Waals surface area contributed by atoms with Crippen LogP contribution in [0.3, 0.4) is 0 Å². The summed E-state index contributed by atoms with van der Waals surface area (Å²) in [4.78, 5) is 10.2. The van der Waals surface area contributed by atoms with Gasteiger partial charge in [0.2, 0.25) is 0 Å². The van der Waals surface area contributed by atoms with Crippen molar-refractivity contribution in [2.24, 2.45) is 0 Å². The third-order valence-electron chi connectivity index (χ3n) is 1.83. The third-order valence-corrected chi connectivity index (χ3v) is 2.39. The first-order valence-corrected chi connectivity index (χ1v) is 5.74. The molecule has 0 aliphatic rings. The molecule has 0 saturated heterocycles. The van der Waals surface area contributed by atoms with E-state index in [0.29, 0.717) is 6.42 Å². The van der Waals surface area contributed by atoms with Gasteiger partial charge in [-0.2, -0.15) is 0 Å². The van der Waals surface area contributed by atoms with Gasteiger partial charge in [-0.15, -0.1) is 0 Å². The fourth-order valence-electron chi connectivity index (χ4n) is 1.13. The molecule has 0 fully saturated rings. The van der Waals surface area contributed by atoms with Crippen LogP contribution in [-0.4, -0.2) is 27.6 Å². The second-order valence-electron chi connectivity index (χ2n) is 3.14. The van der Waals surface area contributed by atoms with Crippen molar-refractivity contribution in [2.45, 2.75) is 44.6 Å². The number of halogens is 1. The van der Waals surface area contributed by atoms with Crippen molar-refractivity contribution < 1.29 is 15.0 Å². The molecule has 0 aliphatic heterocycles. The molecule has 0 aromatic heterocycles. The molecule has 0 heterocycles. The van der Waals surface area contributed by atoms with Crippen LogP contribution in [0.5, 0.6) is 0 Å². The third kappa shape index (κ3) is 9.83. The quantitative estimate of drug-likeness (QED) is 0.514. The van der Waals surface area contributed by atoms with Crippen LogP contribution in [0.2, 0.25) is 0 Å². The molecule has 0 radical (unpaired) electrons. The van der Waals surface area contributed by atoms with E-state index in [9.17, 15) is 9.90 Å². The Balaban J connectivity index is 3.17. The number of rotatable bonds is 8. The first-order chi connectivity index (χ1) is 6.16. The highest BCUT2D eigenvalue weighted by atomic mass is 79.9. The van der Waals surface area contributed by atoms with Crippen LogP contribution in [0.15, 0.2) is 0 Å². The molecule has 0 spiro atoms. The van der Waals surface area contributed by atoms with Gasteiger partial charge in [-0.1, -0.05) is 35.2 Å². The Labute approximate surface area is 87.3 Å². The van der Waals surface area contributed by atoms with Crippen LogP contribution in [0.1, 0.15) is 38.5 Å². The van der Waals surface area contributed by atoms with Gasteiger partial charge in [0.05, 0.1) is 12.5 Å². The molecule has 0 amide bonds. The molecule has 0 bridgehead atoms. The highest BCUT2D eigenvalue weighted by molar-refractivity contribution is 9.09. The maximum absolute atomic E-state index is 10.2. The lowest BCUT2D eigenvalue weighted by molar-refractivity contribution is -0.139. The van der Waals surface area contributed by atoms with Gasteiger partial charge in [0.25, 0.3) is 0 Å². The minimum Gasteiger partial charge on any atom is -0.481 e. The van der Waals surface area contributed by atoms with Crippen LogP contribution in [0.25, 0.3) is 0 Å². The van der Waals surface area contributed by atoms with Gasteiger partial charge in [-0.25, -0.2) is 0 Å². The Bertz CT molecular complexity index is 139. The molecule has 0 aliphatic carbocycles. The number of carboxylic acid groups (broad SMARTS) is 1. The molecule has 13 heavy (non-hydrogen) atoms. The maximum atomic E-state index is 10.2. The fraction of sp³-hybridized carbons (Fsp3) is 0.889. The smallest absolute Gasteiger partial charge is 0.305 e. The van der Waals surface area contributed by atoms with E-state index in [0.717, 1.165) is 31.0 Å². The lowest BCUT2D eigenvalue weighted by Crippen LogP contribution is -2.12. The molecule has 0 saturated carbocycles. The minimum absolute atomic E-state index is 0.127. The standard InChI is InChI=1S/C9H17BrO3/c10-6-4-2-1-3-5-8(11)7-9(12)13/h8,11H,1-7H2,(H,12,13). The lowest BCUT2D eigenvalue weighted by atomic mass is 10.1. The molecule has 0 aromatic carbocycles. The van der Waals surface area contributed by atoms with Crippen molar-refractivity contribution in [3.8, 4) is 0 Å². The summed E-state index contributed by atoms with van der Waals surface area (Å²) in [5, 5.41) is 18.6. The topological polar surface area (TPSA) is 57.5 Å². The first kappa shape index (κ1) is 12.9. The number of carboxylic acids is 1. The number of aliphatic hydroxyl groups is 1. The van der Waals surface area contributed by atoms with Crippen LogP contribution < -0.4 is 0 Å². The monoisotopic (exact) mass is 252 g/mol. The number of aliphatic carboxylic acids is 1. The molecule has 1 unspecified atom stereocenters. The fourth-order valence-corrected chi connectivity index (χ4v) is 1.53. The van der Waals surface area contributed by atoms with Crippen molar-refractivity contribution in [3.63, 3.8) is 0 Å². The Morgan fingerprint density at radius 3 is 2.38 bits per heavy atom. The molecule has 4 heteroatoms. The van der Waals surface area contributed by atoms with Crippen molar-refractivity contribution in [2.75, 3.05) is 5.33 Å². The zero-order chi connectivity index (χ0) is 10.1. The van der Waals surface area contributed by atoms with E-state index in [1.54, 1.807) is 0 Å². The van der Waals surface area contributed by atoms with E-state index in [1.807, 2.05) is 0 Å². The van der Waals surface area contributed by atoms with E-state index in [4.69, 9.17) is 5.11 Å². The van der Waals surface area contributed by atoms with Crippen LogP contribution in [0.4, 0.5) is 0 Å². The molecular formula is C9H17BrO3. The summed E-state index contributed by atoms with van der Waals surface area (Å²) in [6.07, 6.45) is 4.10. The maximum Gasteiger partial charge on any atom is 0.305 e. The molecule has 0 rings (SSSR count). The van der Waals surface area contributed by atoms with Crippen LogP contribution in [-0.2, 0) is 4.79 Å². The van der Waals surface area contributed by atoms with Gasteiger partial charge in [0, 0.05) is 5.33 Å². The van der Waals surface area contributed by atoms with Gasteiger partial charge in [0.1, 0.15) is 0 Å².